The lowest BCUT2D eigenvalue weighted by atomic mass is 9.94. The molecule has 1 heterocycles. The van der Waals surface area contributed by atoms with Crippen molar-refractivity contribution in [3.05, 3.63) is 33.8 Å². The normalized spacial score (nSPS) is 18.4. The number of likely N-dealkylation sites (tertiary alicyclic amines) is 1. The van der Waals surface area contributed by atoms with E-state index in [0.717, 1.165) is 25.9 Å². The lowest BCUT2D eigenvalue weighted by Gasteiger charge is -2.33. The second kappa shape index (κ2) is 6.47. The summed E-state index contributed by atoms with van der Waals surface area (Å²) in [5.41, 5.74) is 0.572. The van der Waals surface area contributed by atoms with E-state index in [1.54, 1.807) is 18.2 Å². The van der Waals surface area contributed by atoms with Crippen LogP contribution in [0.3, 0.4) is 0 Å². The lowest BCUT2D eigenvalue weighted by Crippen LogP contribution is -2.39. The van der Waals surface area contributed by atoms with Crippen molar-refractivity contribution in [2.24, 2.45) is 5.92 Å². The Bertz CT molecular complexity index is 450. The number of benzene rings is 1. The van der Waals surface area contributed by atoms with Crippen LogP contribution < -0.4 is 0 Å². The predicted molar refractivity (Wildman–Crippen MR) is 83.5 cm³/mol. The second-order valence-electron chi connectivity index (χ2n) is 4.97. The van der Waals surface area contributed by atoms with Crippen LogP contribution in [-0.2, 0) is 0 Å². The van der Waals surface area contributed by atoms with Gasteiger partial charge in [0.25, 0.3) is 5.91 Å². The molecule has 2 nitrogen and oxygen atoms in total. The van der Waals surface area contributed by atoms with Crippen molar-refractivity contribution in [1.82, 2.24) is 4.90 Å². The average molecular weight is 365 g/mol. The quantitative estimate of drug-likeness (QED) is 0.700. The van der Waals surface area contributed by atoms with Gasteiger partial charge >= 0.3 is 0 Å². The molecule has 1 aromatic rings. The number of halogens is 3. The predicted octanol–water partition coefficient (Wildman–Crippen LogP) is 4.63. The number of alkyl halides is 1. The van der Waals surface area contributed by atoms with Crippen molar-refractivity contribution in [3.8, 4) is 0 Å². The summed E-state index contributed by atoms with van der Waals surface area (Å²) in [6, 6.07) is 4.99. The number of piperidine rings is 1. The van der Waals surface area contributed by atoms with Crippen molar-refractivity contribution in [2.75, 3.05) is 13.1 Å². The van der Waals surface area contributed by atoms with Crippen molar-refractivity contribution < 1.29 is 4.79 Å². The first-order valence-corrected chi connectivity index (χ1v) is 8.04. The van der Waals surface area contributed by atoms with Gasteiger partial charge in [-0.1, -0.05) is 46.1 Å². The number of hydrogen-bond donors (Lipinski definition) is 0. The van der Waals surface area contributed by atoms with E-state index in [9.17, 15) is 4.79 Å². The van der Waals surface area contributed by atoms with Gasteiger partial charge < -0.3 is 4.90 Å². The van der Waals surface area contributed by atoms with Crippen LogP contribution in [0, 0.1) is 5.92 Å². The lowest BCUT2D eigenvalue weighted by molar-refractivity contribution is 0.0691. The van der Waals surface area contributed by atoms with Gasteiger partial charge in [0.05, 0.1) is 0 Å². The maximum Gasteiger partial charge on any atom is 0.253 e. The number of nitrogens with zero attached hydrogens (tertiary/aromatic N) is 1. The van der Waals surface area contributed by atoms with Crippen LogP contribution >= 0.6 is 39.1 Å². The minimum Gasteiger partial charge on any atom is -0.339 e. The van der Waals surface area contributed by atoms with Gasteiger partial charge in [0.2, 0.25) is 0 Å². The van der Waals surface area contributed by atoms with E-state index in [-0.39, 0.29) is 5.91 Å². The summed E-state index contributed by atoms with van der Waals surface area (Å²) in [4.78, 5) is 14.8. The molecule has 1 unspecified atom stereocenters. The summed E-state index contributed by atoms with van der Waals surface area (Å²) >= 11 is 15.5. The van der Waals surface area contributed by atoms with Crippen LogP contribution in [0.5, 0.6) is 0 Å². The molecule has 0 radical (unpaired) electrons. The minimum atomic E-state index is 0.0186. The molecule has 1 amide bonds. The number of amides is 1. The van der Waals surface area contributed by atoms with Gasteiger partial charge in [-0.05, 0) is 37.0 Å². The summed E-state index contributed by atoms with van der Waals surface area (Å²) in [5, 5.41) is 1.000. The molecule has 0 saturated carbocycles. The Hall–Kier alpha value is -0.250. The third-order valence-corrected chi connectivity index (χ3v) is 4.77. The van der Waals surface area contributed by atoms with E-state index in [1.807, 2.05) is 4.90 Å². The van der Waals surface area contributed by atoms with Crippen molar-refractivity contribution in [3.63, 3.8) is 0 Å². The van der Waals surface area contributed by atoms with Gasteiger partial charge in [-0.25, -0.2) is 0 Å². The van der Waals surface area contributed by atoms with Crippen molar-refractivity contribution in [2.45, 2.75) is 24.6 Å². The zero-order valence-electron chi connectivity index (χ0n) is 10.7. The first kappa shape index (κ1) is 15.1. The van der Waals surface area contributed by atoms with Gasteiger partial charge in [-0.15, -0.1) is 0 Å². The topological polar surface area (TPSA) is 20.3 Å². The van der Waals surface area contributed by atoms with Gasteiger partial charge in [-0.2, -0.15) is 0 Å². The zero-order chi connectivity index (χ0) is 14.0. The zero-order valence-corrected chi connectivity index (χ0v) is 13.8. The van der Waals surface area contributed by atoms with Crippen LogP contribution in [0.25, 0.3) is 0 Å². The molecule has 19 heavy (non-hydrogen) atoms. The van der Waals surface area contributed by atoms with Crippen LogP contribution in [0.15, 0.2) is 18.2 Å². The largest absolute Gasteiger partial charge is 0.339 e. The Morgan fingerprint density at radius 2 is 1.79 bits per heavy atom. The molecular weight excluding hydrogens is 349 g/mol. The standard InChI is InChI=1S/C14H16BrCl2NO/c1-9(15)10-2-4-18(5-3-10)14(19)11-6-12(16)8-13(17)7-11/h6-10H,2-5H2,1H3. The number of carbonyl (C=O) groups excluding carboxylic acids is 1. The Morgan fingerprint density at radius 3 is 2.26 bits per heavy atom. The Balaban J connectivity index is 2.05. The Morgan fingerprint density at radius 1 is 1.26 bits per heavy atom. The van der Waals surface area contributed by atoms with E-state index >= 15 is 0 Å². The maximum absolute atomic E-state index is 12.4. The highest BCUT2D eigenvalue weighted by molar-refractivity contribution is 9.09. The third-order valence-electron chi connectivity index (χ3n) is 3.59. The molecule has 0 bridgehead atoms. The van der Waals surface area contributed by atoms with Gasteiger partial charge in [0.15, 0.2) is 0 Å². The molecular formula is C14H16BrCl2NO. The molecule has 2 rings (SSSR count). The molecule has 1 fully saturated rings. The molecule has 0 aromatic heterocycles. The maximum atomic E-state index is 12.4. The van der Waals surface area contributed by atoms with E-state index in [0.29, 0.717) is 26.4 Å². The van der Waals surface area contributed by atoms with Gasteiger partial charge in [0.1, 0.15) is 0 Å². The first-order chi connectivity index (χ1) is 8.97. The van der Waals surface area contributed by atoms with E-state index in [2.05, 4.69) is 22.9 Å². The highest BCUT2D eigenvalue weighted by Gasteiger charge is 2.26. The molecule has 0 spiro atoms. The van der Waals surface area contributed by atoms with Crippen LogP contribution in [0.4, 0.5) is 0 Å². The monoisotopic (exact) mass is 363 g/mol. The van der Waals surface area contributed by atoms with Crippen LogP contribution in [0.2, 0.25) is 10.0 Å². The average Bonchev–Trinajstić information content (AvgIpc) is 2.37. The Labute approximate surface area is 132 Å². The molecule has 0 aliphatic carbocycles. The number of rotatable bonds is 2. The molecule has 1 aromatic carbocycles. The molecule has 1 aliphatic heterocycles. The fourth-order valence-corrected chi connectivity index (χ4v) is 3.48. The highest BCUT2D eigenvalue weighted by Crippen LogP contribution is 2.27. The fraction of sp³-hybridized carbons (Fsp3) is 0.500. The highest BCUT2D eigenvalue weighted by atomic mass is 79.9. The Kier molecular flexibility index (Phi) is 5.15. The SMILES string of the molecule is CC(Br)C1CCN(C(=O)c2cc(Cl)cc(Cl)c2)CC1. The molecule has 0 N–H and O–H groups in total. The summed E-state index contributed by atoms with van der Waals surface area (Å²) in [5.74, 6) is 0.664. The van der Waals surface area contributed by atoms with Crippen LogP contribution in [-0.4, -0.2) is 28.7 Å². The smallest absolute Gasteiger partial charge is 0.253 e. The van der Waals surface area contributed by atoms with Crippen molar-refractivity contribution >= 4 is 45.0 Å². The molecule has 1 aliphatic rings. The second-order valence-corrected chi connectivity index (χ2v) is 7.28. The van der Waals surface area contributed by atoms with E-state index in [1.165, 1.54) is 0 Å². The molecule has 1 atom stereocenters. The van der Waals surface area contributed by atoms with Crippen LogP contribution in [0.1, 0.15) is 30.1 Å². The summed E-state index contributed by atoms with van der Waals surface area (Å²) in [7, 11) is 0. The van der Waals surface area contributed by atoms with Crippen molar-refractivity contribution in [1.29, 1.82) is 0 Å². The number of hydrogen-bond acceptors (Lipinski definition) is 1. The number of carbonyl (C=O) groups is 1. The first-order valence-electron chi connectivity index (χ1n) is 6.37. The molecule has 104 valence electrons. The molecule has 5 heteroatoms. The van der Waals surface area contributed by atoms with Gasteiger partial charge in [-0.3, -0.25) is 4.79 Å². The fourth-order valence-electron chi connectivity index (χ4n) is 2.42. The molecule has 1 saturated heterocycles. The van der Waals surface area contributed by atoms with E-state index in [4.69, 9.17) is 23.2 Å². The van der Waals surface area contributed by atoms with E-state index < -0.39 is 0 Å². The third kappa shape index (κ3) is 3.87. The van der Waals surface area contributed by atoms with Gasteiger partial charge in [0, 0.05) is 33.5 Å². The summed E-state index contributed by atoms with van der Waals surface area (Å²) in [6.07, 6.45) is 2.07. The summed E-state index contributed by atoms with van der Waals surface area (Å²) < 4.78 is 0. The minimum absolute atomic E-state index is 0.0186. The summed E-state index contributed by atoms with van der Waals surface area (Å²) in [6.45, 7) is 3.76.